The lowest BCUT2D eigenvalue weighted by atomic mass is 9.99. The molecular formula is C12H13ClN2O5. The van der Waals surface area contributed by atoms with Crippen molar-refractivity contribution in [3.63, 3.8) is 0 Å². The Morgan fingerprint density at radius 1 is 1.60 bits per heavy atom. The van der Waals surface area contributed by atoms with Crippen LogP contribution in [-0.4, -0.2) is 43.5 Å². The van der Waals surface area contributed by atoms with E-state index < -0.39 is 41.2 Å². The second-order valence-corrected chi connectivity index (χ2v) is 4.94. The predicted molar refractivity (Wildman–Crippen MR) is 70.4 cm³/mol. The van der Waals surface area contributed by atoms with E-state index in [9.17, 15) is 19.8 Å². The van der Waals surface area contributed by atoms with Gasteiger partial charge in [0.15, 0.2) is 11.1 Å². The van der Waals surface area contributed by atoms with Crippen LogP contribution in [0.15, 0.2) is 21.9 Å². The minimum Gasteiger partial charge on any atom is -0.394 e. The molecule has 1 unspecified atom stereocenters. The summed E-state index contributed by atoms with van der Waals surface area (Å²) in [5.41, 5.74) is -1.30. The Morgan fingerprint density at radius 3 is 2.85 bits per heavy atom. The van der Waals surface area contributed by atoms with Gasteiger partial charge in [-0.2, -0.15) is 0 Å². The Balaban J connectivity index is 2.55. The van der Waals surface area contributed by atoms with Crippen LogP contribution in [0.25, 0.3) is 0 Å². The average Bonchev–Trinajstić information content (AvgIpc) is 2.63. The lowest BCUT2D eigenvalue weighted by molar-refractivity contribution is -0.0464. The van der Waals surface area contributed by atoms with E-state index in [-0.39, 0.29) is 0 Å². The van der Waals surface area contributed by atoms with Gasteiger partial charge >= 0.3 is 5.69 Å². The molecule has 7 nitrogen and oxygen atoms in total. The Labute approximate surface area is 118 Å². The summed E-state index contributed by atoms with van der Waals surface area (Å²) in [6.45, 7) is 1.05. The van der Waals surface area contributed by atoms with Gasteiger partial charge in [-0.05, 0) is 6.92 Å². The first-order chi connectivity index (χ1) is 9.43. The average molecular weight is 301 g/mol. The van der Waals surface area contributed by atoms with Gasteiger partial charge < -0.3 is 14.9 Å². The largest absolute Gasteiger partial charge is 0.394 e. The van der Waals surface area contributed by atoms with Crippen LogP contribution in [-0.2, 0) is 4.74 Å². The van der Waals surface area contributed by atoms with Gasteiger partial charge in [0.05, 0.1) is 6.61 Å². The quantitative estimate of drug-likeness (QED) is 0.469. The lowest BCUT2D eigenvalue weighted by Gasteiger charge is -2.25. The fraction of sp³-hybridized carbons (Fsp3) is 0.500. The van der Waals surface area contributed by atoms with Gasteiger partial charge in [-0.15, -0.1) is 5.92 Å². The van der Waals surface area contributed by atoms with Gasteiger partial charge in [-0.1, -0.05) is 17.5 Å². The van der Waals surface area contributed by atoms with Crippen molar-refractivity contribution in [2.45, 2.75) is 30.2 Å². The van der Waals surface area contributed by atoms with E-state index in [1.54, 1.807) is 0 Å². The van der Waals surface area contributed by atoms with Gasteiger partial charge in [0.2, 0.25) is 0 Å². The third-order valence-electron chi connectivity index (χ3n) is 3.05. The first kappa shape index (κ1) is 14.8. The molecule has 4 atom stereocenters. The van der Waals surface area contributed by atoms with E-state index in [0.29, 0.717) is 0 Å². The molecule has 1 aliphatic heterocycles. The zero-order chi connectivity index (χ0) is 14.9. The second-order valence-electron chi connectivity index (χ2n) is 4.31. The van der Waals surface area contributed by atoms with Gasteiger partial charge in [0, 0.05) is 12.3 Å². The SMILES string of the molecule is CC#CC1(Cl)[C@@H](O)[C@@H](CO)O[C@H]1n1ccc(=O)[nH]c1=O. The standard InChI is InChI=1S/C12H13ClN2O5/c1-2-4-12(13)9(18)7(6-16)20-10(12)15-5-3-8(17)14-11(15)19/h3,5,7,9-10,16,18H,6H2,1H3,(H,14,17,19)/t7-,9+,10-,12?/m1/s1. The molecule has 1 aliphatic rings. The van der Waals surface area contributed by atoms with Gasteiger partial charge in [0.25, 0.3) is 5.56 Å². The van der Waals surface area contributed by atoms with Crippen molar-refractivity contribution in [1.29, 1.82) is 0 Å². The van der Waals surface area contributed by atoms with E-state index in [4.69, 9.17) is 16.3 Å². The van der Waals surface area contributed by atoms with Crippen molar-refractivity contribution in [2.24, 2.45) is 0 Å². The van der Waals surface area contributed by atoms with Crippen molar-refractivity contribution in [2.75, 3.05) is 6.61 Å². The Hall–Kier alpha value is -1.59. The molecule has 0 radical (unpaired) electrons. The first-order valence-corrected chi connectivity index (χ1v) is 6.20. The summed E-state index contributed by atoms with van der Waals surface area (Å²) in [5, 5.41) is 19.3. The number of aliphatic hydroxyl groups is 2. The maximum Gasteiger partial charge on any atom is 0.330 e. The topological polar surface area (TPSA) is 105 Å². The molecule has 1 aromatic rings. The van der Waals surface area contributed by atoms with Crippen LogP contribution in [0, 0.1) is 11.8 Å². The summed E-state index contributed by atoms with van der Waals surface area (Å²) >= 11 is 6.30. The maximum atomic E-state index is 11.8. The number of ether oxygens (including phenoxy) is 1. The van der Waals surface area contributed by atoms with Crippen molar-refractivity contribution < 1.29 is 14.9 Å². The summed E-state index contributed by atoms with van der Waals surface area (Å²) in [6, 6.07) is 1.13. The number of nitrogens with zero attached hydrogens (tertiary/aromatic N) is 1. The maximum absolute atomic E-state index is 11.8. The highest BCUT2D eigenvalue weighted by Crippen LogP contribution is 2.42. The molecule has 108 valence electrons. The summed E-state index contributed by atoms with van der Waals surface area (Å²) in [4.78, 5) is 23.3. The molecule has 1 fully saturated rings. The summed E-state index contributed by atoms with van der Waals surface area (Å²) in [5.74, 6) is 5.17. The van der Waals surface area contributed by atoms with Gasteiger partial charge in [-0.3, -0.25) is 14.3 Å². The highest BCUT2D eigenvalue weighted by molar-refractivity contribution is 6.27. The second kappa shape index (κ2) is 5.42. The smallest absolute Gasteiger partial charge is 0.330 e. The van der Waals surface area contributed by atoms with Gasteiger partial charge in [0.1, 0.15) is 12.2 Å². The van der Waals surface area contributed by atoms with E-state index in [0.717, 1.165) is 10.6 Å². The third-order valence-corrected chi connectivity index (χ3v) is 3.55. The molecule has 20 heavy (non-hydrogen) atoms. The molecule has 8 heteroatoms. The highest BCUT2D eigenvalue weighted by atomic mass is 35.5. The predicted octanol–water partition coefficient (Wildman–Crippen LogP) is -1.21. The fourth-order valence-electron chi connectivity index (χ4n) is 2.11. The minimum atomic E-state index is -1.59. The molecule has 2 rings (SSSR count). The van der Waals surface area contributed by atoms with Crippen LogP contribution in [0.5, 0.6) is 0 Å². The first-order valence-electron chi connectivity index (χ1n) is 5.82. The van der Waals surface area contributed by atoms with Crippen molar-refractivity contribution in [3.05, 3.63) is 33.1 Å². The minimum absolute atomic E-state index is 0.477. The molecule has 0 bridgehead atoms. The number of hydrogen-bond donors (Lipinski definition) is 3. The molecule has 0 spiro atoms. The zero-order valence-corrected chi connectivity index (χ0v) is 11.3. The van der Waals surface area contributed by atoms with E-state index >= 15 is 0 Å². The van der Waals surface area contributed by atoms with E-state index in [2.05, 4.69) is 16.8 Å². The fourth-order valence-corrected chi connectivity index (χ4v) is 2.50. The molecule has 1 aromatic heterocycles. The zero-order valence-electron chi connectivity index (χ0n) is 10.5. The molecule has 0 aliphatic carbocycles. The number of rotatable bonds is 2. The number of H-pyrrole nitrogens is 1. The lowest BCUT2D eigenvalue weighted by Crippen LogP contribution is -2.44. The van der Waals surface area contributed by atoms with Gasteiger partial charge in [-0.25, -0.2) is 4.79 Å². The van der Waals surface area contributed by atoms with Crippen LogP contribution >= 0.6 is 11.6 Å². The molecule has 2 heterocycles. The number of aromatic amines is 1. The van der Waals surface area contributed by atoms with Crippen LogP contribution in [0.3, 0.4) is 0 Å². The molecular weight excluding hydrogens is 288 g/mol. The Morgan fingerprint density at radius 2 is 2.30 bits per heavy atom. The Bertz CT molecular complexity index is 673. The van der Waals surface area contributed by atoms with E-state index in [1.807, 2.05) is 0 Å². The molecule has 0 amide bonds. The summed E-state index contributed by atoms with van der Waals surface area (Å²) < 4.78 is 6.43. The van der Waals surface area contributed by atoms with Crippen LogP contribution in [0.1, 0.15) is 13.2 Å². The number of aromatic nitrogens is 2. The number of alkyl halides is 1. The van der Waals surface area contributed by atoms with Crippen LogP contribution < -0.4 is 11.2 Å². The number of hydrogen-bond acceptors (Lipinski definition) is 5. The van der Waals surface area contributed by atoms with Crippen molar-refractivity contribution in [3.8, 4) is 11.8 Å². The monoisotopic (exact) mass is 300 g/mol. The van der Waals surface area contributed by atoms with Crippen molar-refractivity contribution >= 4 is 11.6 Å². The number of halogens is 1. The number of aliphatic hydroxyl groups excluding tert-OH is 2. The molecule has 0 saturated carbocycles. The third kappa shape index (κ3) is 2.27. The number of nitrogens with one attached hydrogen (secondary N) is 1. The van der Waals surface area contributed by atoms with Crippen LogP contribution in [0.2, 0.25) is 0 Å². The molecule has 0 aromatic carbocycles. The van der Waals surface area contributed by atoms with E-state index in [1.165, 1.54) is 13.1 Å². The summed E-state index contributed by atoms with van der Waals surface area (Å²) in [6.07, 6.45) is -2.19. The molecule has 1 saturated heterocycles. The molecule has 3 N–H and O–H groups in total. The normalized spacial score (nSPS) is 32.7. The summed E-state index contributed by atoms with van der Waals surface area (Å²) in [7, 11) is 0. The van der Waals surface area contributed by atoms with Crippen molar-refractivity contribution in [1.82, 2.24) is 9.55 Å². The van der Waals surface area contributed by atoms with Crippen LogP contribution in [0.4, 0.5) is 0 Å². The highest BCUT2D eigenvalue weighted by Gasteiger charge is 2.55. The Kier molecular flexibility index (Phi) is 4.01.